The van der Waals surface area contributed by atoms with Gasteiger partial charge >= 0.3 is 5.97 Å². The molecule has 4 heterocycles. The fourth-order valence-electron chi connectivity index (χ4n) is 4.56. The molecule has 1 fully saturated rings. The largest absolute Gasteiger partial charge is 0.497 e. The highest BCUT2D eigenvalue weighted by Gasteiger charge is 2.40. The molecule has 0 saturated carbocycles. The van der Waals surface area contributed by atoms with Crippen LogP contribution < -0.4 is 10.1 Å². The van der Waals surface area contributed by atoms with E-state index in [0.29, 0.717) is 47.1 Å². The highest BCUT2D eigenvalue weighted by Crippen LogP contribution is 2.43. The van der Waals surface area contributed by atoms with E-state index in [-0.39, 0.29) is 18.3 Å². The van der Waals surface area contributed by atoms with Crippen LogP contribution in [0.2, 0.25) is 0 Å². The van der Waals surface area contributed by atoms with Gasteiger partial charge in [0, 0.05) is 11.5 Å². The van der Waals surface area contributed by atoms with Gasteiger partial charge in [-0.3, -0.25) is 14.5 Å². The Morgan fingerprint density at radius 1 is 1.21 bits per heavy atom. The molecule has 0 radical (unpaired) electrons. The lowest BCUT2D eigenvalue weighted by molar-refractivity contribution is 0.0188. The number of amides is 2. The zero-order chi connectivity index (χ0) is 23.1. The number of carbonyl (C=O) groups is 3. The normalized spacial score (nSPS) is 22.2. The van der Waals surface area contributed by atoms with Crippen LogP contribution in [-0.4, -0.2) is 60.9 Å². The van der Waals surface area contributed by atoms with Crippen LogP contribution in [-0.2, 0) is 15.9 Å². The van der Waals surface area contributed by atoms with Crippen LogP contribution in [0.5, 0.6) is 5.75 Å². The smallest absolute Gasteiger partial charge is 0.338 e. The van der Waals surface area contributed by atoms with Gasteiger partial charge in [0.15, 0.2) is 0 Å². The number of thiophene rings is 1. The number of ether oxygens (including phenoxy) is 3. The van der Waals surface area contributed by atoms with Gasteiger partial charge < -0.3 is 24.6 Å². The van der Waals surface area contributed by atoms with Crippen molar-refractivity contribution in [1.29, 1.82) is 0 Å². The number of anilines is 1. The van der Waals surface area contributed by atoms with E-state index in [0.717, 1.165) is 24.1 Å². The summed E-state index contributed by atoms with van der Waals surface area (Å²) in [5.41, 5.74) is 1.54. The molecule has 0 bridgehead atoms. The second kappa shape index (κ2) is 8.77. The molecule has 2 atom stereocenters. The fourth-order valence-corrected chi connectivity index (χ4v) is 5.89. The van der Waals surface area contributed by atoms with Gasteiger partial charge in [-0.2, -0.15) is 0 Å². The molecule has 2 aromatic rings. The van der Waals surface area contributed by atoms with Crippen molar-refractivity contribution in [3.63, 3.8) is 0 Å². The van der Waals surface area contributed by atoms with Gasteiger partial charge in [0.1, 0.15) is 23.1 Å². The highest BCUT2D eigenvalue weighted by atomic mass is 32.1. The minimum Gasteiger partial charge on any atom is -0.497 e. The van der Waals surface area contributed by atoms with Crippen molar-refractivity contribution in [2.24, 2.45) is 0 Å². The summed E-state index contributed by atoms with van der Waals surface area (Å²) in [6.45, 7) is 0.965. The number of carbonyl (C=O) groups excluding carboxylic acids is 2. The lowest BCUT2D eigenvalue weighted by atomic mass is 10.0. The lowest BCUT2D eigenvalue weighted by Gasteiger charge is -2.26. The Morgan fingerprint density at radius 2 is 2.03 bits per heavy atom. The molecule has 5 rings (SSSR count). The number of fused-ring (bicyclic) bond motifs is 2. The van der Waals surface area contributed by atoms with E-state index in [4.69, 9.17) is 14.2 Å². The van der Waals surface area contributed by atoms with Crippen molar-refractivity contribution < 1.29 is 33.7 Å². The third kappa shape index (κ3) is 3.88. The van der Waals surface area contributed by atoms with Gasteiger partial charge in [-0.1, -0.05) is 0 Å². The molecule has 33 heavy (non-hydrogen) atoms. The van der Waals surface area contributed by atoms with Gasteiger partial charge in [-0.05, 0) is 49.4 Å². The van der Waals surface area contributed by atoms with Gasteiger partial charge in [-0.15, -0.1) is 11.3 Å². The van der Waals surface area contributed by atoms with Crippen LogP contribution in [0, 0.1) is 0 Å². The monoisotopic (exact) mass is 472 g/mol. The molecule has 0 spiro atoms. The van der Waals surface area contributed by atoms with Crippen LogP contribution in [0.25, 0.3) is 0 Å². The average molecular weight is 473 g/mol. The van der Waals surface area contributed by atoms with Gasteiger partial charge in [0.25, 0.3) is 11.8 Å². The molecule has 1 aromatic carbocycles. The maximum Gasteiger partial charge on any atom is 0.338 e. The van der Waals surface area contributed by atoms with Gasteiger partial charge in [0.2, 0.25) is 0 Å². The van der Waals surface area contributed by atoms with Crippen LogP contribution in [0.1, 0.15) is 66.9 Å². The Labute approximate surface area is 194 Å². The minimum atomic E-state index is -1.01. The summed E-state index contributed by atoms with van der Waals surface area (Å²) in [5, 5.41) is 13.7. The third-order valence-corrected chi connectivity index (χ3v) is 7.47. The molecule has 3 aliphatic rings. The van der Waals surface area contributed by atoms with E-state index in [2.05, 4.69) is 5.32 Å². The zero-order valence-corrected chi connectivity index (χ0v) is 18.9. The van der Waals surface area contributed by atoms with Crippen LogP contribution >= 0.6 is 11.3 Å². The maximum absolute atomic E-state index is 13.0. The van der Waals surface area contributed by atoms with E-state index >= 15 is 0 Å². The zero-order valence-electron chi connectivity index (χ0n) is 18.1. The maximum atomic E-state index is 13.0. The molecule has 10 heteroatoms. The molecule has 1 saturated heterocycles. The summed E-state index contributed by atoms with van der Waals surface area (Å²) in [5.74, 6) is -1.32. The Balaban J connectivity index is 1.42. The number of carboxylic acids is 1. The molecule has 0 aliphatic carbocycles. The number of aromatic carboxylic acids is 1. The SMILES string of the molecule is COc1ccc2c(c1)C(=O)N(CC1OCCc3c1sc(NC1CCCCO1)c3C(=O)O)C2=O. The first-order valence-electron chi connectivity index (χ1n) is 10.9. The summed E-state index contributed by atoms with van der Waals surface area (Å²) in [4.78, 5) is 39.9. The molecule has 2 amide bonds. The topological polar surface area (TPSA) is 114 Å². The molecule has 2 N–H and O–H groups in total. The summed E-state index contributed by atoms with van der Waals surface area (Å²) in [7, 11) is 1.50. The molecule has 1 aromatic heterocycles. The number of benzene rings is 1. The minimum absolute atomic E-state index is 0.0145. The van der Waals surface area contributed by atoms with E-state index in [1.807, 2.05) is 0 Å². The van der Waals surface area contributed by atoms with Crippen LogP contribution in [0.15, 0.2) is 18.2 Å². The number of carboxylic acid groups (broad SMARTS) is 1. The number of nitrogens with one attached hydrogen (secondary N) is 1. The van der Waals surface area contributed by atoms with Crippen molar-refractivity contribution in [3.05, 3.63) is 45.3 Å². The van der Waals surface area contributed by atoms with Crippen molar-refractivity contribution >= 4 is 34.1 Å². The first-order valence-corrected chi connectivity index (χ1v) is 11.7. The second-order valence-electron chi connectivity index (χ2n) is 8.20. The van der Waals surface area contributed by atoms with Crippen molar-refractivity contribution in [1.82, 2.24) is 4.90 Å². The van der Waals surface area contributed by atoms with E-state index < -0.39 is 23.9 Å². The molecule has 3 aliphatic heterocycles. The highest BCUT2D eigenvalue weighted by molar-refractivity contribution is 7.16. The van der Waals surface area contributed by atoms with Crippen molar-refractivity contribution in [2.45, 2.75) is 38.0 Å². The Kier molecular flexibility index (Phi) is 5.81. The average Bonchev–Trinajstić information content (AvgIpc) is 3.30. The first kappa shape index (κ1) is 21.9. The first-order chi connectivity index (χ1) is 16.0. The summed E-state index contributed by atoms with van der Waals surface area (Å²) in [6.07, 6.45) is 2.44. The van der Waals surface area contributed by atoms with Crippen molar-refractivity contribution in [3.8, 4) is 5.75 Å². The Hall–Kier alpha value is -2.95. The van der Waals surface area contributed by atoms with E-state index in [9.17, 15) is 19.5 Å². The van der Waals surface area contributed by atoms with E-state index in [1.54, 1.807) is 18.2 Å². The number of hydrogen-bond donors (Lipinski definition) is 2. The number of nitrogens with zero attached hydrogens (tertiary/aromatic N) is 1. The molecular weight excluding hydrogens is 448 g/mol. The Bertz CT molecular complexity index is 1120. The summed E-state index contributed by atoms with van der Waals surface area (Å²) < 4.78 is 16.8. The fraction of sp³-hybridized carbons (Fsp3) is 0.435. The Morgan fingerprint density at radius 3 is 2.76 bits per heavy atom. The molecular formula is C23H24N2O7S. The van der Waals surface area contributed by atoms with Crippen molar-refractivity contribution in [2.75, 3.05) is 32.2 Å². The van der Waals surface area contributed by atoms with Crippen LogP contribution in [0.4, 0.5) is 5.00 Å². The van der Waals surface area contributed by atoms with Gasteiger partial charge in [0.05, 0.1) is 37.0 Å². The predicted molar refractivity (Wildman–Crippen MR) is 119 cm³/mol. The number of methoxy groups -OCH3 is 1. The molecule has 9 nitrogen and oxygen atoms in total. The molecule has 2 unspecified atom stereocenters. The van der Waals surface area contributed by atoms with Crippen LogP contribution in [0.3, 0.4) is 0 Å². The molecule has 174 valence electrons. The number of hydrogen-bond acceptors (Lipinski definition) is 8. The quantitative estimate of drug-likeness (QED) is 0.616. The number of rotatable bonds is 6. The number of imide groups is 1. The second-order valence-corrected chi connectivity index (χ2v) is 9.25. The summed E-state index contributed by atoms with van der Waals surface area (Å²) in [6, 6.07) is 4.79. The van der Waals surface area contributed by atoms with Gasteiger partial charge in [-0.25, -0.2) is 4.79 Å². The third-order valence-electron chi connectivity index (χ3n) is 6.21. The lowest BCUT2D eigenvalue weighted by Crippen LogP contribution is -2.36. The standard InChI is InChI=1S/C23H24N2O7S/c1-30-12-5-6-13-15(10-12)22(27)25(21(13)26)11-16-19-14(7-9-31-16)18(23(28)29)20(33-19)24-17-4-2-3-8-32-17/h5-6,10,16-17,24H,2-4,7-9,11H2,1H3,(H,28,29). The predicted octanol–water partition coefficient (Wildman–Crippen LogP) is 3.30. The van der Waals surface area contributed by atoms with E-state index in [1.165, 1.54) is 23.3 Å². The summed E-state index contributed by atoms with van der Waals surface area (Å²) >= 11 is 1.30.